The summed E-state index contributed by atoms with van der Waals surface area (Å²) in [6.07, 6.45) is 0.0770. The predicted molar refractivity (Wildman–Crippen MR) is 65.9 cm³/mol. The van der Waals surface area contributed by atoms with E-state index in [0.717, 1.165) is 11.3 Å². The molecule has 0 fully saturated rings. The monoisotopic (exact) mass is 223 g/mol. The molecule has 1 aromatic rings. The van der Waals surface area contributed by atoms with E-state index >= 15 is 0 Å². The summed E-state index contributed by atoms with van der Waals surface area (Å²) < 4.78 is 10.9. The second-order valence-electron chi connectivity index (χ2n) is 3.98. The molecule has 1 unspecified atom stereocenters. The lowest BCUT2D eigenvalue weighted by Gasteiger charge is -2.17. The van der Waals surface area contributed by atoms with E-state index < -0.39 is 0 Å². The van der Waals surface area contributed by atoms with E-state index in [9.17, 15) is 0 Å². The molecule has 3 nitrogen and oxygen atoms in total. The number of hydrogen-bond acceptors (Lipinski definition) is 3. The van der Waals surface area contributed by atoms with E-state index in [-0.39, 0.29) is 6.10 Å². The number of hydrogen-bond donors (Lipinski definition) is 1. The lowest BCUT2D eigenvalue weighted by atomic mass is 10.0. The molecule has 1 rings (SSSR count). The van der Waals surface area contributed by atoms with Crippen molar-refractivity contribution in [1.29, 1.82) is 0 Å². The van der Waals surface area contributed by atoms with Gasteiger partial charge in [-0.2, -0.15) is 0 Å². The number of aryl methyl sites for hydroxylation is 2. The summed E-state index contributed by atoms with van der Waals surface area (Å²) in [5.41, 5.74) is 8.94. The van der Waals surface area contributed by atoms with Crippen LogP contribution in [0, 0.1) is 13.8 Å². The molecule has 2 N–H and O–H groups in total. The van der Waals surface area contributed by atoms with Gasteiger partial charge in [0.15, 0.2) is 0 Å². The van der Waals surface area contributed by atoms with Crippen molar-refractivity contribution < 1.29 is 9.47 Å². The highest BCUT2D eigenvalue weighted by molar-refractivity contribution is 5.42. The van der Waals surface area contributed by atoms with Crippen molar-refractivity contribution in [3.63, 3.8) is 0 Å². The zero-order chi connectivity index (χ0) is 12.1. The summed E-state index contributed by atoms with van der Waals surface area (Å²) in [4.78, 5) is 0. The zero-order valence-electron chi connectivity index (χ0n) is 10.5. The van der Waals surface area contributed by atoms with Crippen LogP contribution in [0.3, 0.4) is 0 Å². The van der Waals surface area contributed by atoms with Gasteiger partial charge in [-0.05, 0) is 49.6 Å². The molecule has 0 aromatic heterocycles. The summed E-state index contributed by atoms with van der Waals surface area (Å²) in [5, 5.41) is 0. The van der Waals surface area contributed by atoms with Crippen molar-refractivity contribution in [1.82, 2.24) is 0 Å². The molecule has 0 saturated carbocycles. The average molecular weight is 223 g/mol. The van der Waals surface area contributed by atoms with Crippen LogP contribution in [0.2, 0.25) is 0 Å². The molecule has 90 valence electrons. The van der Waals surface area contributed by atoms with Gasteiger partial charge in [-0.3, -0.25) is 0 Å². The third-order valence-corrected chi connectivity index (χ3v) is 2.71. The molecule has 3 heteroatoms. The fourth-order valence-corrected chi connectivity index (χ4v) is 1.80. The van der Waals surface area contributed by atoms with Crippen molar-refractivity contribution in [3.8, 4) is 5.75 Å². The molecule has 0 bridgehead atoms. The maximum Gasteiger partial charge on any atom is 0.122 e. The van der Waals surface area contributed by atoms with E-state index in [1.54, 1.807) is 7.11 Å². The summed E-state index contributed by atoms with van der Waals surface area (Å²) >= 11 is 0. The standard InChI is InChI=1S/C13H21NO2/c1-9-8-13(15-4)10(2)7-12(9)11(3)16-6-5-14/h7-8,11H,5-6,14H2,1-4H3. The first-order chi connectivity index (χ1) is 7.60. The van der Waals surface area contributed by atoms with Gasteiger partial charge in [0.25, 0.3) is 0 Å². The molecule has 0 aliphatic heterocycles. The summed E-state index contributed by atoms with van der Waals surface area (Å²) in [5.74, 6) is 0.923. The van der Waals surface area contributed by atoms with E-state index in [2.05, 4.69) is 13.0 Å². The zero-order valence-corrected chi connectivity index (χ0v) is 10.5. The first kappa shape index (κ1) is 13.0. The van der Waals surface area contributed by atoms with E-state index in [1.807, 2.05) is 19.9 Å². The molecule has 0 spiro atoms. The minimum atomic E-state index is 0.0770. The Hall–Kier alpha value is -1.06. The SMILES string of the molecule is COc1cc(C)c(C(C)OCCN)cc1C. The smallest absolute Gasteiger partial charge is 0.122 e. The van der Waals surface area contributed by atoms with E-state index in [1.165, 1.54) is 11.1 Å². The van der Waals surface area contributed by atoms with Gasteiger partial charge in [0, 0.05) is 6.54 Å². The highest BCUT2D eigenvalue weighted by Gasteiger charge is 2.11. The quantitative estimate of drug-likeness (QED) is 0.833. The van der Waals surface area contributed by atoms with Crippen LogP contribution in [0.15, 0.2) is 12.1 Å². The maximum absolute atomic E-state index is 5.62. The largest absolute Gasteiger partial charge is 0.496 e. The van der Waals surface area contributed by atoms with E-state index in [4.69, 9.17) is 15.2 Å². The van der Waals surface area contributed by atoms with Gasteiger partial charge in [-0.25, -0.2) is 0 Å². The second-order valence-corrected chi connectivity index (χ2v) is 3.98. The van der Waals surface area contributed by atoms with Crippen molar-refractivity contribution in [2.45, 2.75) is 26.9 Å². The minimum absolute atomic E-state index is 0.0770. The number of methoxy groups -OCH3 is 1. The Morgan fingerprint density at radius 1 is 1.25 bits per heavy atom. The predicted octanol–water partition coefficient (Wildman–Crippen LogP) is 2.35. The van der Waals surface area contributed by atoms with Gasteiger partial charge in [-0.15, -0.1) is 0 Å². The maximum atomic E-state index is 5.62. The Bertz CT molecular complexity index is 350. The molecular formula is C13H21NO2. The average Bonchev–Trinajstić information content (AvgIpc) is 2.28. The van der Waals surface area contributed by atoms with Crippen molar-refractivity contribution in [2.24, 2.45) is 5.73 Å². The lowest BCUT2D eigenvalue weighted by Crippen LogP contribution is -2.11. The van der Waals surface area contributed by atoms with Gasteiger partial charge >= 0.3 is 0 Å². The minimum Gasteiger partial charge on any atom is -0.496 e. The van der Waals surface area contributed by atoms with Crippen LogP contribution in [0.5, 0.6) is 5.75 Å². The molecule has 0 heterocycles. The van der Waals surface area contributed by atoms with Crippen molar-refractivity contribution in [3.05, 3.63) is 28.8 Å². The van der Waals surface area contributed by atoms with Gasteiger partial charge in [0.2, 0.25) is 0 Å². The fourth-order valence-electron chi connectivity index (χ4n) is 1.80. The summed E-state index contributed by atoms with van der Waals surface area (Å²) in [7, 11) is 1.69. The van der Waals surface area contributed by atoms with Gasteiger partial charge in [0.05, 0.1) is 19.8 Å². The number of rotatable bonds is 5. The fraction of sp³-hybridized carbons (Fsp3) is 0.538. The molecule has 1 atom stereocenters. The van der Waals surface area contributed by atoms with Gasteiger partial charge in [-0.1, -0.05) is 0 Å². The first-order valence-corrected chi connectivity index (χ1v) is 5.57. The van der Waals surface area contributed by atoms with Crippen LogP contribution in [-0.2, 0) is 4.74 Å². The summed E-state index contributed by atoms with van der Waals surface area (Å²) in [6, 6.07) is 4.17. The first-order valence-electron chi connectivity index (χ1n) is 5.57. The third kappa shape index (κ3) is 2.97. The molecule has 0 amide bonds. The number of nitrogens with two attached hydrogens (primary N) is 1. The van der Waals surface area contributed by atoms with Crippen LogP contribution < -0.4 is 10.5 Å². The topological polar surface area (TPSA) is 44.5 Å². The molecule has 0 radical (unpaired) electrons. The van der Waals surface area contributed by atoms with E-state index in [0.29, 0.717) is 13.2 Å². The van der Waals surface area contributed by atoms with Crippen LogP contribution in [0.1, 0.15) is 29.7 Å². The molecular weight excluding hydrogens is 202 g/mol. The third-order valence-electron chi connectivity index (χ3n) is 2.71. The lowest BCUT2D eigenvalue weighted by molar-refractivity contribution is 0.0713. The normalized spacial score (nSPS) is 12.6. The highest BCUT2D eigenvalue weighted by Crippen LogP contribution is 2.27. The van der Waals surface area contributed by atoms with Crippen molar-refractivity contribution in [2.75, 3.05) is 20.3 Å². The van der Waals surface area contributed by atoms with Crippen LogP contribution >= 0.6 is 0 Å². The Morgan fingerprint density at radius 3 is 2.50 bits per heavy atom. The van der Waals surface area contributed by atoms with Crippen LogP contribution in [-0.4, -0.2) is 20.3 Å². The molecule has 0 saturated heterocycles. The molecule has 0 aliphatic rings. The Balaban J connectivity index is 2.92. The van der Waals surface area contributed by atoms with Gasteiger partial charge in [0.1, 0.15) is 5.75 Å². The molecule has 0 aliphatic carbocycles. The Morgan fingerprint density at radius 2 is 1.94 bits per heavy atom. The Labute approximate surface area is 97.6 Å². The Kier molecular flexibility index (Phi) is 4.77. The highest BCUT2D eigenvalue weighted by atomic mass is 16.5. The number of ether oxygens (including phenoxy) is 2. The van der Waals surface area contributed by atoms with Crippen LogP contribution in [0.4, 0.5) is 0 Å². The van der Waals surface area contributed by atoms with Crippen LogP contribution in [0.25, 0.3) is 0 Å². The number of benzene rings is 1. The second kappa shape index (κ2) is 5.87. The van der Waals surface area contributed by atoms with Crippen molar-refractivity contribution >= 4 is 0 Å². The molecule has 1 aromatic carbocycles. The van der Waals surface area contributed by atoms with Gasteiger partial charge < -0.3 is 15.2 Å². The molecule has 16 heavy (non-hydrogen) atoms. The summed E-state index contributed by atoms with van der Waals surface area (Å²) in [6.45, 7) is 7.30.